The molecule has 0 heterocycles. The van der Waals surface area contributed by atoms with Gasteiger partial charge in [-0.15, -0.1) is 0 Å². The molecule has 1 N–H and O–H groups in total. The summed E-state index contributed by atoms with van der Waals surface area (Å²) in [6.07, 6.45) is 20.6. The van der Waals surface area contributed by atoms with Gasteiger partial charge in [0.15, 0.2) is 0 Å². The molecule has 37 heavy (non-hydrogen) atoms. The van der Waals surface area contributed by atoms with Crippen LogP contribution in [0, 0.1) is 0 Å². The van der Waals surface area contributed by atoms with Gasteiger partial charge in [0.2, 0.25) is 0 Å². The van der Waals surface area contributed by atoms with E-state index < -0.39 is 0 Å². The fraction of sp³-hybridized carbons (Fsp3) is 0.389. The Morgan fingerprint density at radius 3 is 1.95 bits per heavy atom. The lowest BCUT2D eigenvalue weighted by Crippen LogP contribution is -2.29. The number of fused-ring (bicyclic) bond motifs is 9. The number of allylic oxidation sites excluding steroid dienone is 4. The number of hydrogen-bond acceptors (Lipinski definition) is 1. The molecule has 0 unspecified atom stereocenters. The number of rotatable bonds is 2. The molecule has 0 bridgehead atoms. The van der Waals surface area contributed by atoms with Gasteiger partial charge in [-0.2, -0.15) is 0 Å². The molecular formula is C36H37N. The van der Waals surface area contributed by atoms with Crippen molar-refractivity contribution in [2.24, 2.45) is 0 Å². The van der Waals surface area contributed by atoms with Crippen LogP contribution in [0.25, 0.3) is 16.7 Å². The van der Waals surface area contributed by atoms with Gasteiger partial charge in [0.05, 0.1) is 0 Å². The highest BCUT2D eigenvalue weighted by Gasteiger charge is 2.45. The molecule has 186 valence electrons. The molecule has 2 fully saturated rings. The van der Waals surface area contributed by atoms with Crippen LogP contribution in [-0.2, 0) is 10.8 Å². The van der Waals surface area contributed by atoms with E-state index in [4.69, 9.17) is 0 Å². The first-order valence-electron chi connectivity index (χ1n) is 14.9. The molecule has 0 saturated heterocycles. The number of benzene rings is 3. The molecule has 0 aromatic heterocycles. The van der Waals surface area contributed by atoms with Crippen LogP contribution in [0.15, 0.2) is 78.4 Å². The van der Waals surface area contributed by atoms with Crippen LogP contribution in [0.5, 0.6) is 0 Å². The quantitative estimate of drug-likeness (QED) is 0.382. The van der Waals surface area contributed by atoms with Gasteiger partial charge in [-0.05, 0) is 107 Å². The van der Waals surface area contributed by atoms with Crippen molar-refractivity contribution in [3.63, 3.8) is 0 Å². The molecule has 2 spiro atoms. The second kappa shape index (κ2) is 8.22. The van der Waals surface area contributed by atoms with Crippen molar-refractivity contribution < 1.29 is 0 Å². The van der Waals surface area contributed by atoms with E-state index in [9.17, 15) is 0 Å². The van der Waals surface area contributed by atoms with E-state index in [0.29, 0.717) is 0 Å². The van der Waals surface area contributed by atoms with Crippen molar-refractivity contribution in [1.82, 2.24) is 0 Å². The zero-order valence-corrected chi connectivity index (χ0v) is 21.9. The van der Waals surface area contributed by atoms with Gasteiger partial charge in [0.1, 0.15) is 0 Å². The Morgan fingerprint density at radius 2 is 1.19 bits per heavy atom. The Bertz CT molecular complexity index is 1460. The lowest BCUT2D eigenvalue weighted by molar-refractivity contribution is 0.350. The largest absolute Gasteiger partial charge is 0.356 e. The normalized spacial score (nSPS) is 22.1. The fourth-order valence-corrected chi connectivity index (χ4v) is 8.91. The second-order valence-corrected chi connectivity index (χ2v) is 12.3. The van der Waals surface area contributed by atoms with Gasteiger partial charge in [0.25, 0.3) is 0 Å². The monoisotopic (exact) mass is 483 g/mol. The van der Waals surface area contributed by atoms with Crippen LogP contribution in [0.2, 0.25) is 0 Å². The lowest BCUT2D eigenvalue weighted by atomic mass is 9.66. The van der Waals surface area contributed by atoms with E-state index in [1.165, 1.54) is 105 Å². The Kier molecular flexibility index (Phi) is 4.88. The summed E-state index contributed by atoms with van der Waals surface area (Å²) in [6.45, 7) is 0. The maximum absolute atomic E-state index is 3.88. The first-order valence-corrected chi connectivity index (χ1v) is 14.9. The predicted molar refractivity (Wildman–Crippen MR) is 156 cm³/mol. The molecule has 3 aromatic rings. The van der Waals surface area contributed by atoms with E-state index in [1.54, 1.807) is 27.8 Å². The fourth-order valence-electron chi connectivity index (χ4n) is 8.91. The van der Waals surface area contributed by atoms with Crippen molar-refractivity contribution in [2.45, 2.75) is 87.9 Å². The summed E-state index contributed by atoms with van der Waals surface area (Å²) in [6, 6.07) is 23.7. The highest BCUT2D eigenvalue weighted by molar-refractivity contribution is 5.86. The molecule has 5 aliphatic carbocycles. The summed E-state index contributed by atoms with van der Waals surface area (Å²) in [5.41, 5.74) is 15.4. The summed E-state index contributed by atoms with van der Waals surface area (Å²) in [5, 5.41) is 3.88. The van der Waals surface area contributed by atoms with Crippen LogP contribution in [0.3, 0.4) is 0 Å². The first kappa shape index (κ1) is 22.0. The second-order valence-electron chi connectivity index (χ2n) is 12.3. The van der Waals surface area contributed by atoms with E-state index in [-0.39, 0.29) is 10.8 Å². The average molecular weight is 484 g/mol. The third-order valence-corrected chi connectivity index (χ3v) is 10.5. The Morgan fingerprint density at radius 1 is 0.568 bits per heavy atom. The topological polar surface area (TPSA) is 12.0 Å². The van der Waals surface area contributed by atoms with Crippen LogP contribution in [0.4, 0.5) is 11.4 Å². The summed E-state index contributed by atoms with van der Waals surface area (Å²) in [7, 11) is 0. The number of anilines is 2. The van der Waals surface area contributed by atoms with Crippen molar-refractivity contribution in [3.05, 3.63) is 101 Å². The van der Waals surface area contributed by atoms with Gasteiger partial charge >= 0.3 is 0 Å². The average Bonchev–Trinajstić information content (AvgIpc) is 3.37. The van der Waals surface area contributed by atoms with Crippen molar-refractivity contribution in [1.29, 1.82) is 0 Å². The van der Waals surface area contributed by atoms with Crippen LogP contribution in [0.1, 0.15) is 99.3 Å². The van der Waals surface area contributed by atoms with Gasteiger partial charge in [-0.3, -0.25) is 0 Å². The number of nitrogens with one attached hydrogen (secondary N) is 1. The molecule has 3 aromatic carbocycles. The van der Waals surface area contributed by atoms with E-state index >= 15 is 0 Å². The highest BCUT2D eigenvalue weighted by atomic mass is 14.9. The third-order valence-electron chi connectivity index (χ3n) is 10.5. The SMILES string of the molecule is C1=CC2=C(CC1)c1ccc(Nc3ccc4c(c3)C3(CCCCC3)c3ccccc3-4)cc1C21CCCCC1. The highest BCUT2D eigenvalue weighted by Crippen LogP contribution is 2.58. The van der Waals surface area contributed by atoms with E-state index in [1.807, 2.05) is 0 Å². The maximum atomic E-state index is 3.88. The molecule has 1 heteroatoms. The summed E-state index contributed by atoms with van der Waals surface area (Å²) < 4.78 is 0. The van der Waals surface area contributed by atoms with Gasteiger partial charge in [-0.25, -0.2) is 0 Å². The molecule has 2 saturated carbocycles. The minimum absolute atomic E-state index is 0.210. The zero-order valence-electron chi connectivity index (χ0n) is 21.9. The molecule has 0 radical (unpaired) electrons. The molecule has 0 aliphatic heterocycles. The Hall–Kier alpha value is -3.06. The Labute approximate surface area is 221 Å². The third kappa shape index (κ3) is 3.09. The molecule has 0 amide bonds. The van der Waals surface area contributed by atoms with Crippen LogP contribution in [-0.4, -0.2) is 0 Å². The van der Waals surface area contributed by atoms with Gasteiger partial charge in [-0.1, -0.05) is 87.1 Å². The molecule has 1 nitrogen and oxygen atoms in total. The minimum atomic E-state index is 0.210. The number of hydrogen-bond donors (Lipinski definition) is 1. The molecule has 0 atom stereocenters. The standard InChI is InChI=1S/C36H37N/c1-7-19-35(20-8-1)31-13-5-3-11-27(31)29-17-15-25(23-33(29)35)37-26-16-18-30-28-12-4-6-14-32(28)36(34(30)24-26)21-9-2-10-22-36/h3,5-6,11,13-18,23-24,37H,1-2,4,7-10,12,19-22H2. The molecule has 8 rings (SSSR count). The smallest absolute Gasteiger partial charge is 0.0387 e. The van der Waals surface area contributed by atoms with E-state index in [2.05, 4.69) is 78.1 Å². The zero-order chi connectivity index (χ0) is 24.5. The summed E-state index contributed by atoms with van der Waals surface area (Å²) in [4.78, 5) is 0. The van der Waals surface area contributed by atoms with Crippen LogP contribution >= 0.6 is 0 Å². The van der Waals surface area contributed by atoms with Crippen molar-refractivity contribution >= 4 is 16.9 Å². The van der Waals surface area contributed by atoms with Crippen molar-refractivity contribution in [3.8, 4) is 11.1 Å². The Balaban J connectivity index is 1.18. The lowest BCUT2D eigenvalue weighted by Gasteiger charge is -2.37. The summed E-state index contributed by atoms with van der Waals surface area (Å²) >= 11 is 0. The first-order chi connectivity index (χ1) is 18.3. The van der Waals surface area contributed by atoms with Crippen molar-refractivity contribution in [2.75, 3.05) is 5.32 Å². The van der Waals surface area contributed by atoms with Crippen LogP contribution < -0.4 is 5.32 Å². The van der Waals surface area contributed by atoms with Gasteiger partial charge in [0, 0.05) is 22.2 Å². The molecular weight excluding hydrogens is 446 g/mol. The van der Waals surface area contributed by atoms with Gasteiger partial charge < -0.3 is 5.32 Å². The summed E-state index contributed by atoms with van der Waals surface area (Å²) in [5.74, 6) is 0. The minimum Gasteiger partial charge on any atom is -0.356 e. The van der Waals surface area contributed by atoms with E-state index in [0.717, 1.165) is 0 Å². The maximum Gasteiger partial charge on any atom is 0.0387 e. The molecule has 5 aliphatic rings. The predicted octanol–water partition coefficient (Wildman–Crippen LogP) is 9.98.